The van der Waals surface area contributed by atoms with Crippen LogP contribution in [0.5, 0.6) is 0 Å². The fourth-order valence-electron chi connectivity index (χ4n) is 4.52. The summed E-state index contributed by atoms with van der Waals surface area (Å²) in [5.41, 5.74) is 3.25. The maximum absolute atomic E-state index is 13.7. The van der Waals surface area contributed by atoms with Crippen LogP contribution in [0.4, 0.5) is 8.78 Å². The predicted molar refractivity (Wildman–Crippen MR) is 155 cm³/mol. The van der Waals surface area contributed by atoms with Crippen LogP contribution >= 0.6 is 46.4 Å². The van der Waals surface area contributed by atoms with E-state index in [9.17, 15) is 8.78 Å². The molecule has 1 aromatic heterocycles. The minimum Gasteiger partial charge on any atom is -1.00 e. The van der Waals surface area contributed by atoms with Gasteiger partial charge < -0.3 is 17.1 Å². The van der Waals surface area contributed by atoms with E-state index in [0.29, 0.717) is 26.6 Å². The summed E-state index contributed by atoms with van der Waals surface area (Å²) in [6.07, 6.45) is 5.29. The Kier molecular flexibility index (Phi) is 10.7. The molecule has 0 aliphatic heterocycles. The first-order chi connectivity index (χ1) is 19.3. The van der Waals surface area contributed by atoms with Crippen LogP contribution in [0.2, 0.25) is 20.1 Å². The third kappa shape index (κ3) is 7.81. The first kappa shape index (κ1) is 31.3. The van der Waals surface area contributed by atoms with E-state index >= 15 is 0 Å². The molecule has 0 aliphatic carbocycles. The lowest BCUT2D eigenvalue weighted by atomic mass is 9.98. The van der Waals surface area contributed by atoms with Crippen LogP contribution in [0.3, 0.4) is 0 Å². The monoisotopic (exact) mass is 652 g/mol. The molecule has 0 radical (unpaired) electrons. The zero-order chi connectivity index (χ0) is 28.2. The molecule has 1 unspecified atom stereocenters. The molecule has 1 heterocycles. The van der Waals surface area contributed by atoms with Gasteiger partial charge in [-0.2, -0.15) is 0 Å². The average Bonchev–Trinajstić information content (AvgIpc) is 3.38. The molecule has 0 aliphatic rings. The second-order valence-electron chi connectivity index (χ2n) is 9.26. The summed E-state index contributed by atoms with van der Waals surface area (Å²) in [6.45, 7) is 0.647. The number of imidazole rings is 1. The molecule has 0 N–H and O–H groups in total. The van der Waals surface area contributed by atoms with Gasteiger partial charge in [0.05, 0.1) is 6.61 Å². The van der Waals surface area contributed by atoms with Crippen LogP contribution in [-0.4, -0.2) is 4.57 Å². The van der Waals surface area contributed by atoms with E-state index in [0.717, 1.165) is 22.3 Å². The Morgan fingerprint density at radius 2 is 1.29 bits per heavy atom. The van der Waals surface area contributed by atoms with Crippen molar-refractivity contribution in [3.8, 4) is 0 Å². The molecule has 4 aromatic carbocycles. The Bertz CT molecular complexity index is 1560. The highest BCUT2D eigenvalue weighted by Gasteiger charge is 2.25. The minimum absolute atomic E-state index is 0. The van der Waals surface area contributed by atoms with Gasteiger partial charge in [-0.1, -0.05) is 82.8 Å². The summed E-state index contributed by atoms with van der Waals surface area (Å²) in [5, 5.41) is 2.05. The smallest absolute Gasteiger partial charge is 0.244 e. The second kappa shape index (κ2) is 14.0. The summed E-state index contributed by atoms with van der Waals surface area (Å²) in [4.78, 5) is 0. The van der Waals surface area contributed by atoms with Gasteiger partial charge in [0.1, 0.15) is 36.7 Å². The van der Waals surface area contributed by atoms with E-state index in [1.165, 1.54) is 24.3 Å². The fraction of sp³-hybridized carbons (Fsp3) is 0.129. The van der Waals surface area contributed by atoms with Gasteiger partial charge in [-0.15, -0.1) is 0 Å². The van der Waals surface area contributed by atoms with Gasteiger partial charge in [-0.25, -0.2) is 17.9 Å². The molecular weight excluding hydrogens is 632 g/mol. The predicted octanol–water partition coefficient (Wildman–Crippen LogP) is 6.27. The number of ether oxygens (including phenoxy) is 1. The first-order valence-corrected chi connectivity index (χ1v) is 13.9. The third-order valence-electron chi connectivity index (χ3n) is 6.52. The van der Waals surface area contributed by atoms with Crippen LogP contribution in [0.15, 0.2) is 104 Å². The highest BCUT2D eigenvalue weighted by molar-refractivity contribution is 6.35. The highest BCUT2D eigenvalue weighted by atomic mass is 35.5. The van der Waals surface area contributed by atoms with Crippen molar-refractivity contribution in [2.24, 2.45) is 0 Å². The number of hydrogen-bond acceptors (Lipinski definition) is 1. The molecule has 0 spiro atoms. The topological polar surface area (TPSA) is 18.0 Å². The number of nitrogens with zero attached hydrogens (tertiary/aromatic N) is 2. The number of benzene rings is 4. The molecule has 3 nitrogen and oxygen atoms in total. The van der Waals surface area contributed by atoms with E-state index in [1.54, 1.807) is 48.5 Å². The normalized spacial score (nSPS) is 11.9. The van der Waals surface area contributed by atoms with Crippen molar-refractivity contribution < 1.29 is 30.5 Å². The van der Waals surface area contributed by atoms with Crippen LogP contribution in [0, 0.1) is 11.6 Å². The van der Waals surface area contributed by atoms with Gasteiger partial charge in [0.15, 0.2) is 6.04 Å². The van der Waals surface area contributed by atoms with Crippen molar-refractivity contribution in [1.29, 1.82) is 0 Å². The van der Waals surface area contributed by atoms with E-state index < -0.39 is 6.10 Å². The van der Waals surface area contributed by atoms with Crippen molar-refractivity contribution in [1.82, 2.24) is 4.57 Å². The van der Waals surface area contributed by atoms with Gasteiger partial charge >= 0.3 is 0 Å². The molecule has 0 saturated heterocycles. The van der Waals surface area contributed by atoms with E-state index in [4.69, 9.17) is 51.1 Å². The van der Waals surface area contributed by atoms with Crippen LogP contribution < -0.4 is 17.0 Å². The van der Waals surface area contributed by atoms with Crippen LogP contribution in [-0.2, 0) is 17.9 Å². The first-order valence-electron chi connectivity index (χ1n) is 12.3. The Morgan fingerprint density at radius 3 is 1.85 bits per heavy atom. The highest BCUT2D eigenvalue weighted by Crippen LogP contribution is 2.31. The Balaban J connectivity index is 0.00000387. The lowest BCUT2D eigenvalue weighted by Gasteiger charge is -2.19. The average molecular weight is 655 g/mol. The van der Waals surface area contributed by atoms with Crippen molar-refractivity contribution in [3.05, 3.63) is 158 Å². The number of rotatable bonds is 9. The molecule has 5 aromatic rings. The van der Waals surface area contributed by atoms with E-state index in [2.05, 4.69) is 0 Å². The summed E-state index contributed by atoms with van der Waals surface area (Å²) < 4.78 is 37.7. The van der Waals surface area contributed by atoms with E-state index in [-0.39, 0.29) is 36.7 Å². The molecule has 5 rings (SSSR count). The van der Waals surface area contributed by atoms with E-state index in [1.807, 2.05) is 40.0 Å². The van der Waals surface area contributed by atoms with Gasteiger partial charge in [0, 0.05) is 36.8 Å². The number of halogens is 7. The van der Waals surface area contributed by atoms with Crippen molar-refractivity contribution in [2.75, 3.05) is 0 Å². The Labute approximate surface area is 263 Å². The van der Waals surface area contributed by atoms with Crippen molar-refractivity contribution in [2.45, 2.75) is 25.3 Å². The minimum atomic E-state index is -0.451. The molecular formula is C31H23Cl5F2N2O. The molecule has 0 amide bonds. The standard InChI is InChI=1S/C31H23Cl4F2N2O.ClH/c32-23-6-1-22(28(34)15-23)18-40-30(27-12-7-24(33)16-29(27)35)17-38-13-14-39(19-38)31(20-2-8-25(36)9-3-20)21-4-10-26(37)11-5-21;/h1-16,19,30-31H,17-18H2;1H/q+1;/p-1. The lowest BCUT2D eigenvalue weighted by Crippen LogP contribution is -3.00. The molecule has 212 valence electrons. The van der Waals surface area contributed by atoms with Gasteiger partial charge in [-0.3, -0.25) is 0 Å². The van der Waals surface area contributed by atoms with Crippen molar-refractivity contribution >= 4 is 46.4 Å². The molecule has 0 bridgehead atoms. The Morgan fingerprint density at radius 1 is 0.732 bits per heavy atom. The summed E-state index contributed by atoms with van der Waals surface area (Å²) >= 11 is 25.2. The zero-order valence-corrected chi connectivity index (χ0v) is 25.1. The zero-order valence-electron chi connectivity index (χ0n) is 21.3. The second-order valence-corrected chi connectivity index (χ2v) is 11.0. The lowest BCUT2D eigenvalue weighted by molar-refractivity contribution is -0.705. The van der Waals surface area contributed by atoms with Gasteiger partial charge in [0.25, 0.3) is 0 Å². The molecule has 0 fully saturated rings. The summed E-state index contributed by atoms with van der Waals surface area (Å²) in [6, 6.07) is 22.8. The van der Waals surface area contributed by atoms with Gasteiger partial charge in [0.2, 0.25) is 6.33 Å². The maximum Gasteiger partial charge on any atom is 0.244 e. The van der Waals surface area contributed by atoms with Crippen LogP contribution in [0.1, 0.15) is 34.4 Å². The molecule has 0 saturated carbocycles. The fourth-order valence-corrected chi connectivity index (χ4v) is 5.52. The largest absolute Gasteiger partial charge is 1.00 e. The van der Waals surface area contributed by atoms with Crippen LogP contribution in [0.25, 0.3) is 0 Å². The summed E-state index contributed by atoms with van der Waals surface area (Å²) in [7, 11) is 0. The SMILES string of the molecule is Fc1ccc(C(c2ccc(F)cc2)n2cc[n+](CC(OCc3ccc(Cl)cc3Cl)c3ccc(Cl)cc3Cl)c2)cc1.[Cl-]. The maximum atomic E-state index is 13.7. The molecule has 41 heavy (non-hydrogen) atoms. The number of hydrogen-bond donors (Lipinski definition) is 0. The quantitative estimate of drug-likeness (QED) is 0.172. The van der Waals surface area contributed by atoms with Gasteiger partial charge in [-0.05, 0) is 54.1 Å². The third-order valence-corrected chi connectivity index (χ3v) is 7.67. The van der Waals surface area contributed by atoms with Crippen molar-refractivity contribution in [3.63, 3.8) is 0 Å². The molecule has 10 heteroatoms. The summed E-state index contributed by atoms with van der Waals surface area (Å²) in [5.74, 6) is -0.658. The number of aromatic nitrogens is 2. The Hall–Kier alpha value is -2.64. The molecule has 1 atom stereocenters.